The lowest BCUT2D eigenvalue weighted by molar-refractivity contribution is 0.119. The molecule has 0 aliphatic rings. The molecule has 1 aromatic heterocycles. The van der Waals surface area contributed by atoms with Crippen molar-refractivity contribution in [3.8, 4) is 11.1 Å². The standard InChI is InChI=1S/C14H16N2O/c1-10(17-2)11-4-3-5-12(8-11)13-6-7-16-9-14(13)15/h3-10H,15H2,1-2H3/t10-/m0/s1. The van der Waals surface area contributed by atoms with Gasteiger partial charge in [0, 0.05) is 18.9 Å². The number of hydrogen-bond donors (Lipinski definition) is 1. The maximum absolute atomic E-state index is 5.92. The topological polar surface area (TPSA) is 48.1 Å². The first-order chi connectivity index (χ1) is 8.22. The number of anilines is 1. The lowest BCUT2D eigenvalue weighted by Crippen LogP contribution is -1.96. The van der Waals surface area contributed by atoms with Crippen molar-refractivity contribution in [3.05, 3.63) is 48.3 Å². The smallest absolute Gasteiger partial charge is 0.0793 e. The van der Waals surface area contributed by atoms with Gasteiger partial charge in [-0.2, -0.15) is 0 Å². The van der Waals surface area contributed by atoms with E-state index in [1.165, 1.54) is 0 Å². The van der Waals surface area contributed by atoms with Gasteiger partial charge in [0.25, 0.3) is 0 Å². The molecule has 3 nitrogen and oxygen atoms in total. The Bertz CT molecular complexity index is 511. The first-order valence-electron chi connectivity index (χ1n) is 5.55. The number of rotatable bonds is 3. The summed E-state index contributed by atoms with van der Waals surface area (Å²) in [5.74, 6) is 0. The monoisotopic (exact) mass is 228 g/mol. The zero-order valence-corrected chi connectivity index (χ0v) is 10.1. The van der Waals surface area contributed by atoms with E-state index in [1.54, 1.807) is 19.5 Å². The van der Waals surface area contributed by atoms with Gasteiger partial charge >= 0.3 is 0 Å². The lowest BCUT2D eigenvalue weighted by Gasteiger charge is -2.12. The predicted molar refractivity (Wildman–Crippen MR) is 69.5 cm³/mol. The highest BCUT2D eigenvalue weighted by molar-refractivity contribution is 5.75. The summed E-state index contributed by atoms with van der Waals surface area (Å²) in [6, 6.07) is 10.1. The van der Waals surface area contributed by atoms with E-state index < -0.39 is 0 Å². The summed E-state index contributed by atoms with van der Waals surface area (Å²) in [7, 11) is 1.71. The van der Waals surface area contributed by atoms with Crippen LogP contribution in [0.15, 0.2) is 42.7 Å². The molecule has 0 radical (unpaired) electrons. The lowest BCUT2D eigenvalue weighted by atomic mass is 10.0. The maximum atomic E-state index is 5.92. The van der Waals surface area contributed by atoms with Crippen LogP contribution < -0.4 is 5.73 Å². The zero-order chi connectivity index (χ0) is 12.3. The second-order valence-electron chi connectivity index (χ2n) is 3.97. The van der Waals surface area contributed by atoms with E-state index in [1.807, 2.05) is 25.1 Å². The van der Waals surface area contributed by atoms with E-state index in [9.17, 15) is 0 Å². The number of ether oxygens (including phenoxy) is 1. The Balaban J connectivity index is 2.43. The summed E-state index contributed by atoms with van der Waals surface area (Å²) in [4.78, 5) is 3.99. The highest BCUT2D eigenvalue weighted by Crippen LogP contribution is 2.27. The number of pyridine rings is 1. The fourth-order valence-electron chi connectivity index (χ4n) is 1.76. The van der Waals surface area contributed by atoms with Gasteiger partial charge in [0.1, 0.15) is 0 Å². The van der Waals surface area contributed by atoms with Gasteiger partial charge < -0.3 is 10.5 Å². The van der Waals surface area contributed by atoms with E-state index in [0.29, 0.717) is 5.69 Å². The number of benzene rings is 1. The van der Waals surface area contributed by atoms with Crippen molar-refractivity contribution in [2.24, 2.45) is 0 Å². The molecule has 0 amide bonds. The molecule has 0 bridgehead atoms. The Morgan fingerprint density at radius 3 is 2.82 bits per heavy atom. The molecule has 3 heteroatoms. The van der Waals surface area contributed by atoms with Crippen LogP contribution in [-0.2, 0) is 4.74 Å². The summed E-state index contributed by atoms with van der Waals surface area (Å²) < 4.78 is 5.31. The third-order valence-electron chi connectivity index (χ3n) is 2.87. The van der Waals surface area contributed by atoms with E-state index >= 15 is 0 Å². The van der Waals surface area contributed by atoms with E-state index in [2.05, 4.69) is 17.1 Å². The van der Waals surface area contributed by atoms with Gasteiger partial charge in [0.15, 0.2) is 0 Å². The molecule has 1 heterocycles. The molecule has 0 aliphatic heterocycles. The van der Waals surface area contributed by atoms with Gasteiger partial charge in [0.2, 0.25) is 0 Å². The summed E-state index contributed by atoms with van der Waals surface area (Å²) >= 11 is 0. The minimum absolute atomic E-state index is 0.0815. The van der Waals surface area contributed by atoms with E-state index in [-0.39, 0.29) is 6.10 Å². The van der Waals surface area contributed by atoms with E-state index in [4.69, 9.17) is 10.5 Å². The first kappa shape index (κ1) is 11.6. The molecule has 88 valence electrons. The van der Waals surface area contributed by atoms with Crippen LogP contribution in [0.1, 0.15) is 18.6 Å². The molecule has 2 rings (SSSR count). The zero-order valence-electron chi connectivity index (χ0n) is 10.1. The average molecular weight is 228 g/mol. The molecule has 2 aromatic rings. The Labute approximate surface area is 101 Å². The van der Waals surface area contributed by atoms with Crippen LogP contribution >= 0.6 is 0 Å². The Morgan fingerprint density at radius 2 is 2.12 bits per heavy atom. The number of hydrogen-bond acceptors (Lipinski definition) is 3. The van der Waals surface area contributed by atoms with Gasteiger partial charge in [-0.25, -0.2) is 0 Å². The largest absolute Gasteiger partial charge is 0.397 e. The van der Waals surface area contributed by atoms with Crippen LogP contribution in [0.4, 0.5) is 5.69 Å². The summed E-state index contributed by atoms with van der Waals surface area (Å²) in [5.41, 5.74) is 9.84. The molecule has 0 spiro atoms. The molecule has 0 aliphatic carbocycles. The molecule has 0 unspecified atom stereocenters. The third kappa shape index (κ3) is 2.45. The molecular weight excluding hydrogens is 212 g/mol. The first-order valence-corrected chi connectivity index (χ1v) is 5.55. The highest BCUT2D eigenvalue weighted by Gasteiger charge is 2.07. The molecule has 0 saturated heterocycles. The van der Waals surface area contributed by atoms with Crippen molar-refractivity contribution in [1.82, 2.24) is 4.98 Å². The van der Waals surface area contributed by atoms with E-state index in [0.717, 1.165) is 16.7 Å². The van der Waals surface area contributed by atoms with Crippen LogP contribution in [0.25, 0.3) is 11.1 Å². The Morgan fingerprint density at radius 1 is 1.29 bits per heavy atom. The van der Waals surface area contributed by atoms with Gasteiger partial charge in [-0.3, -0.25) is 4.98 Å². The minimum Gasteiger partial charge on any atom is -0.397 e. The molecular formula is C14H16N2O. The number of nitrogens with zero attached hydrogens (tertiary/aromatic N) is 1. The molecule has 0 saturated carbocycles. The number of methoxy groups -OCH3 is 1. The SMILES string of the molecule is CO[C@@H](C)c1cccc(-c2ccncc2N)c1. The second-order valence-corrected chi connectivity index (χ2v) is 3.97. The predicted octanol–water partition coefficient (Wildman–Crippen LogP) is 3.04. The number of aromatic nitrogens is 1. The quantitative estimate of drug-likeness (QED) is 0.878. The van der Waals surface area contributed by atoms with Gasteiger partial charge in [-0.05, 0) is 30.2 Å². The van der Waals surface area contributed by atoms with Gasteiger partial charge in [-0.1, -0.05) is 18.2 Å². The molecule has 1 atom stereocenters. The van der Waals surface area contributed by atoms with Crippen molar-refractivity contribution < 1.29 is 4.74 Å². The highest BCUT2D eigenvalue weighted by atomic mass is 16.5. The maximum Gasteiger partial charge on any atom is 0.0793 e. The van der Waals surface area contributed by atoms with Crippen molar-refractivity contribution in [2.45, 2.75) is 13.0 Å². The fraction of sp³-hybridized carbons (Fsp3) is 0.214. The molecule has 2 N–H and O–H groups in total. The van der Waals surface area contributed by atoms with Gasteiger partial charge in [-0.15, -0.1) is 0 Å². The minimum atomic E-state index is 0.0815. The van der Waals surface area contributed by atoms with Crippen LogP contribution in [0.3, 0.4) is 0 Å². The number of nitrogens with two attached hydrogens (primary N) is 1. The number of nitrogen functional groups attached to an aromatic ring is 1. The normalized spacial score (nSPS) is 12.4. The van der Waals surface area contributed by atoms with Crippen LogP contribution in [0.2, 0.25) is 0 Å². The summed E-state index contributed by atoms with van der Waals surface area (Å²) in [6.07, 6.45) is 3.50. The summed E-state index contributed by atoms with van der Waals surface area (Å²) in [5, 5.41) is 0. The third-order valence-corrected chi connectivity index (χ3v) is 2.87. The molecule has 17 heavy (non-hydrogen) atoms. The van der Waals surface area contributed by atoms with Crippen LogP contribution in [-0.4, -0.2) is 12.1 Å². The average Bonchev–Trinajstić information content (AvgIpc) is 2.38. The molecule has 0 fully saturated rings. The van der Waals surface area contributed by atoms with Crippen molar-refractivity contribution >= 4 is 5.69 Å². The fourth-order valence-corrected chi connectivity index (χ4v) is 1.76. The van der Waals surface area contributed by atoms with Crippen molar-refractivity contribution in [3.63, 3.8) is 0 Å². The van der Waals surface area contributed by atoms with Crippen molar-refractivity contribution in [1.29, 1.82) is 0 Å². The summed E-state index contributed by atoms with van der Waals surface area (Å²) in [6.45, 7) is 2.02. The van der Waals surface area contributed by atoms with Crippen LogP contribution in [0.5, 0.6) is 0 Å². The Kier molecular flexibility index (Phi) is 3.40. The second kappa shape index (κ2) is 4.97. The van der Waals surface area contributed by atoms with Crippen molar-refractivity contribution in [2.75, 3.05) is 12.8 Å². The Hall–Kier alpha value is -1.87. The van der Waals surface area contributed by atoms with Crippen LogP contribution in [0, 0.1) is 0 Å². The molecule has 1 aromatic carbocycles. The van der Waals surface area contributed by atoms with Gasteiger partial charge in [0.05, 0.1) is 18.0 Å².